The van der Waals surface area contributed by atoms with Gasteiger partial charge in [0.2, 0.25) is 0 Å². The Labute approximate surface area is 63.2 Å². The molecule has 0 amide bonds. The van der Waals surface area contributed by atoms with Crippen molar-refractivity contribution < 1.29 is 0 Å². The number of nitrogens with zero attached hydrogens (tertiary/aromatic N) is 2. The van der Waals surface area contributed by atoms with Gasteiger partial charge in [-0.3, -0.25) is 0 Å². The maximum absolute atomic E-state index is 5.85. The molecule has 0 spiro atoms. The van der Waals surface area contributed by atoms with Crippen LogP contribution in [0.25, 0.3) is 0 Å². The zero-order valence-electron chi connectivity index (χ0n) is 4.67. The summed E-state index contributed by atoms with van der Waals surface area (Å²) in [6.07, 6.45) is 0. The number of alkyl halides is 2. The first-order valence-electron chi connectivity index (χ1n) is 2.95. The molecule has 1 aliphatic carbocycles. The van der Waals surface area contributed by atoms with Gasteiger partial charge in [0.1, 0.15) is 0 Å². The molecule has 4 heteroatoms. The van der Waals surface area contributed by atoms with E-state index in [-0.39, 0.29) is 16.8 Å². The number of hydrogen-bond acceptors (Lipinski definition) is 2. The molecule has 0 unspecified atom stereocenters. The highest BCUT2D eigenvalue weighted by atomic mass is 35.5. The zero-order valence-corrected chi connectivity index (χ0v) is 6.18. The summed E-state index contributed by atoms with van der Waals surface area (Å²) in [5.41, 5.74) is 0. The van der Waals surface area contributed by atoms with E-state index < -0.39 is 0 Å². The Balaban J connectivity index is 2.12. The van der Waals surface area contributed by atoms with E-state index in [2.05, 4.69) is 10.2 Å². The van der Waals surface area contributed by atoms with E-state index in [0.717, 1.165) is 6.54 Å². The Bertz CT molecular complexity index is 159. The van der Waals surface area contributed by atoms with Gasteiger partial charge in [-0.1, -0.05) is 0 Å². The normalized spacial score (nSPS) is 54.9. The van der Waals surface area contributed by atoms with Crippen LogP contribution in [0.2, 0.25) is 0 Å². The lowest BCUT2D eigenvalue weighted by Crippen LogP contribution is -2.51. The number of hydrogen-bond donors (Lipinski definition) is 0. The van der Waals surface area contributed by atoms with Gasteiger partial charge in [-0.25, -0.2) is 0 Å². The minimum atomic E-state index is 0.0305. The van der Waals surface area contributed by atoms with Crippen molar-refractivity contribution in [1.82, 2.24) is 0 Å². The molecule has 2 nitrogen and oxygen atoms in total. The van der Waals surface area contributed by atoms with E-state index in [0.29, 0.717) is 5.92 Å². The molecule has 0 saturated heterocycles. The van der Waals surface area contributed by atoms with Gasteiger partial charge in [0.05, 0.1) is 23.3 Å². The Morgan fingerprint density at radius 1 is 1.22 bits per heavy atom. The average Bonchev–Trinajstić information content (AvgIpc) is 2.30. The lowest BCUT2D eigenvalue weighted by atomic mass is 9.80. The van der Waals surface area contributed by atoms with Crippen LogP contribution in [0.3, 0.4) is 0 Å². The molecule has 2 rings (SSSR count). The van der Waals surface area contributed by atoms with Crippen LogP contribution in [-0.2, 0) is 0 Å². The molecule has 2 aliphatic rings. The summed E-state index contributed by atoms with van der Waals surface area (Å²) in [6.45, 7) is 0.780. The highest BCUT2D eigenvalue weighted by molar-refractivity contribution is 6.32. The van der Waals surface area contributed by atoms with Crippen molar-refractivity contribution in [2.45, 2.75) is 16.8 Å². The van der Waals surface area contributed by atoms with Crippen LogP contribution < -0.4 is 0 Å². The Kier molecular flexibility index (Phi) is 1.21. The van der Waals surface area contributed by atoms with Crippen molar-refractivity contribution >= 4 is 23.2 Å². The fourth-order valence-corrected chi connectivity index (χ4v) is 2.10. The van der Waals surface area contributed by atoms with Crippen molar-refractivity contribution in [2.24, 2.45) is 16.1 Å². The first-order chi connectivity index (χ1) is 4.30. The predicted molar refractivity (Wildman–Crippen MR) is 36.3 cm³/mol. The summed E-state index contributed by atoms with van der Waals surface area (Å²) in [5, 5.41) is 7.94. The molecular formula is C5H6Cl2N2. The quantitative estimate of drug-likeness (QED) is 0.487. The summed E-state index contributed by atoms with van der Waals surface area (Å²) in [5.74, 6) is 0.439. The summed E-state index contributed by atoms with van der Waals surface area (Å²) in [6, 6.07) is 0.231. The van der Waals surface area contributed by atoms with Crippen LogP contribution in [0, 0.1) is 5.92 Å². The molecule has 1 saturated carbocycles. The van der Waals surface area contributed by atoms with Gasteiger partial charge >= 0.3 is 0 Å². The standard InChI is InChI=1S/C5H6Cl2N2/c6-3-2-1-8-9-5(2)4(3)7/h2-5H,1H2/t2-,3-,4-,5-/m0/s1. The minimum absolute atomic E-state index is 0.0305. The molecule has 1 aliphatic heterocycles. The Morgan fingerprint density at radius 2 is 2.00 bits per heavy atom. The number of rotatable bonds is 0. The van der Waals surface area contributed by atoms with Gasteiger partial charge in [-0.15, -0.1) is 23.2 Å². The molecule has 0 radical (unpaired) electrons. The maximum atomic E-state index is 5.85. The van der Waals surface area contributed by atoms with E-state index >= 15 is 0 Å². The van der Waals surface area contributed by atoms with E-state index in [1.807, 2.05) is 0 Å². The second-order valence-electron chi connectivity index (χ2n) is 2.48. The predicted octanol–water partition coefficient (Wildman–Crippen LogP) is 1.67. The van der Waals surface area contributed by atoms with E-state index in [1.54, 1.807) is 0 Å². The van der Waals surface area contributed by atoms with Crippen molar-refractivity contribution in [1.29, 1.82) is 0 Å². The van der Waals surface area contributed by atoms with Crippen molar-refractivity contribution in [2.75, 3.05) is 6.54 Å². The van der Waals surface area contributed by atoms with Crippen LogP contribution in [0.15, 0.2) is 10.2 Å². The molecule has 0 aromatic heterocycles. The lowest BCUT2D eigenvalue weighted by molar-refractivity contribution is 0.319. The second kappa shape index (κ2) is 1.83. The molecule has 4 atom stereocenters. The minimum Gasteiger partial charge on any atom is -0.193 e. The molecular weight excluding hydrogens is 159 g/mol. The van der Waals surface area contributed by atoms with Gasteiger partial charge in [-0.2, -0.15) is 10.2 Å². The van der Waals surface area contributed by atoms with Crippen LogP contribution in [-0.4, -0.2) is 23.3 Å². The number of fused-ring (bicyclic) bond motifs is 1. The zero-order chi connectivity index (χ0) is 6.43. The highest BCUT2D eigenvalue weighted by Crippen LogP contribution is 2.42. The third kappa shape index (κ3) is 0.635. The number of azo groups is 1. The topological polar surface area (TPSA) is 24.7 Å². The molecule has 0 N–H and O–H groups in total. The molecule has 0 bridgehead atoms. The van der Waals surface area contributed by atoms with E-state index in [4.69, 9.17) is 23.2 Å². The summed E-state index contributed by atoms with van der Waals surface area (Å²) in [7, 11) is 0. The summed E-state index contributed by atoms with van der Waals surface area (Å²) in [4.78, 5) is 0. The lowest BCUT2D eigenvalue weighted by Gasteiger charge is -2.38. The SMILES string of the molecule is Cl[C@@H]1[C@H](Cl)[C@H]2N=NC[C@@H]12. The van der Waals surface area contributed by atoms with Crippen LogP contribution in [0.4, 0.5) is 0 Å². The first-order valence-corrected chi connectivity index (χ1v) is 3.83. The van der Waals surface area contributed by atoms with Crippen LogP contribution in [0.1, 0.15) is 0 Å². The van der Waals surface area contributed by atoms with Crippen molar-refractivity contribution in [3.05, 3.63) is 0 Å². The Hall–Kier alpha value is 0.180. The van der Waals surface area contributed by atoms with Crippen molar-refractivity contribution in [3.63, 3.8) is 0 Å². The van der Waals surface area contributed by atoms with Gasteiger partial charge in [-0.05, 0) is 0 Å². The first kappa shape index (κ1) is 5.93. The largest absolute Gasteiger partial charge is 0.193 e. The molecule has 0 aromatic rings. The molecule has 0 aromatic carbocycles. The molecule has 9 heavy (non-hydrogen) atoms. The molecule has 1 fully saturated rings. The van der Waals surface area contributed by atoms with Crippen LogP contribution in [0.5, 0.6) is 0 Å². The van der Waals surface area contributed by atoms with Gasteiger partial charge in [0.25, 0.3) is 0 Å². The average molecular weight is 165 g/mol. The fourth-order valence-electron chi connectivity index (χ4n) is 1.30. The second-order valence-corrected chi connectivity index (χ2v) is 3.49. The number of halogens is 2. The van der Waals surface area contributed by atoms with Gasteiger partial charge < -0.3 is 0 Å². The van der Waals surface area contributed by atoms with Gasteiger partial charge in [0.15, 0.2) is 0 Å². The fraction of sp³-hybridized carbons (Fsp3) is 1.00. The van der Waals surface area contributed by atoms with E-state index in [9.17, 15) is 0 Å². The smallest absolute Gasteiger partial charge is 0.0947 e. The Morgan fingerprint density at radius 3 is 2.67 bits per heavy atom. The maximum Gasteiger partial charge on any atom is 0.0947 e. The third-order valence-electron chi connectivity index (χ3n) is 1.99. The highest BCUT2D eigenvalue weighted by Gasteiger charge is 2.51. The monoisotopic (exact) mass is 164 g/mol. The van der Waals surface area contributed by atoms with Crippen LogP contribution >= 0.6 is 23.2 Å². The van der Waals surface area contributed by atoms with Crippen molar-refractivity contribution in [3.8, 4) is 0 Å². The third-order valence-corrected chi connectivity index (χ3v) is 3.24. The molecule has 50 valence electrons. The van der Waals surface area contributed by atoms with Gasteiger partial charge in [0, 0.05) is 5.92 Å². The summed E-state index contributed by atoms with van der Waals surface area (Å²) >= 11 is 11.7. The molecule has 1 heterocycles. The van der Waals surface area contributed by atoms with E-state index in [1.165, 1.54) is 0 Å². The summed E-state index contributed by atoms with van der Waals surface area (Å²) < 4.78 is 0.